The molecular formula is C16H14BrFN6O5S. The molecule has 11 nitrogen and oxygen atoms in total. The van der Waals surface area contributed by atoms with E-state index in [1.807, 2.05) is 0 Å². The first-order valence-corrected chi connectivity index (χ1v) is 11.0. The minimum Gasteiger partial charge on any atom is -0.617 e. The maximum atomic E-state index is 13.6. The van der Waals surface area contributed by atoms with Crippen molar-refractivity contribution in [1.29, 1.82) is 0 Å². The van der Waals surface area contributed by atoms with Crippen molar-refractivity contribution in [3.05, 3.63) is 57.2 Å². The Kier molecular flexibility index (Phi) is 5.78. The number of hydrogen-bond donors (Lipinski definition) is 1. The molecule has 14 heteroatoms. The molecule has 2 aromatic heterocycles. The van der Waals surface area contributed by atoms with Crippen LogP contribution in [0.4, 0.5) is 16.2 Å². The quantitative estimate of drug-likeness (QED) is 0.479. The lowest BCUT2D eigenvalue weighted by Gasteiger charge is -2.21. The molecule has 3 aromatic rings. The zero-order valence-electron chi connectivity index (χ0n) is 15.3. The van der Waals surface area contributed by atoms with Crippen LogP contribution >= 0.6 is 15.9 Å². The maximum Gasteiger partial charge on any atom is 0.447 e. The van der Waals surface area contributed by atoms with Gasteiger partial charge in [0.15, 0.2) is 11.5 Å². The first-order chi connectivity index (χ1) is 14.5. The number of halogens is 2. The summed E-state index contributed by atoms with van der Waals surface area (Å²) in [4.78, 5) is 13.8. The van der Waals surface area contributed by atoms with Gasteiger partial charge >= 0.3 is 5.76 Å². The zero-order chi connectivity index (χ0) is 21.3. The van der Waals surface area contributed by atoms with Gasteiger partial charge in [-0.1, -0.05) is 11.2 Å². The van der Waals surface area contributed by atoms with Gasteiger partial charge in [0.2, 0.25) is 6.23 Å². The molecule has 0 amide bonds. The second kappa shape index (κ2) is 8.49. The van der Waals surface area contributed by atoms with Crippen LogP contribution in [-0.4, -0.2) is 43.1 Å². The average molecular weight is 501 g/mol. The molecule has 0 aliphatic carbocycles. The van der Waals surface area contributed by atoms with E-state index in [9.17, 15) is 13.7 Å². The fourth-order valence-corrected chi connectivity index (χ4v) is 3.49. The highest BCUT2D eigenvalue weighted by Gasteiger charge is 2.35. The number of aromatic nitrogens is 4. The Balaban J connectivity index is 1.66. The van der Waals surface area contributed by atoms with Crippen LogP contribution < -0.4 is 16.0 Å². The molecule has 0 saturated heterocycles. The summed E-state index contributed by atoms with van der Waals surface area (Å²) in [5.74, 6) is -0.488. The Morgan fingerprint density at radius 1 is 1.37 bits per heavy atom. The molecule has 1 aliphatic rings. The normalized spacial score (nSPS) is 16.7. The van der Waals surface area contributed by atoms with Crippen molar-refractivity contribution in [3.8, 4) is 5.69 Å². The van der Waals surface area contributed by atoms with Gasteiger partial charge in [-0.15, -0.1) is 0 Å². The molecule has 0 bridgehead atoms. The Hall–Kier alpha value is -2.84. The summed E-state index contributed by atoms with van der Waals surface area (Å²) < 4.78 is 41.4. The van der Waals surface area contributed by atoms with Gasteiger partial charge in [0.05, 0.1) is 23.0 Å². The van der Waals surface area contributed by atoms with Crippen LogP contribution in [0.15, 0.2) is 49.1 Å². The van der Waals surface area contributed by atoms with E-state index in [1.165, 1.54) is 35.6 Å². The minimum atomic E-state index is -0.984. The lowest BCUT2D eigenvalue weighted by molar-refractivity contribution is 0.161. The summed E-state index contributed by atoms with van der Waals surface area (Å²) in [6.07, 6.45) is 3.63. The Morgan fingerprint density at radius 3 is 2.97 bits per heavy atom. The number of hydrogen-bond acceptors (Lipinski definition) is 10. The van der Waals surface area contributed by atoms with Crippen molar-refractivity contribution in [1.82, 2.24) is 20.0 Å². The van der Waals surface area contributed by atoms with Crippen LogP contribution in [0.25, 0.3) is 5.69 Å². The van der Waals surface area contributed by atoms with Crippen LogP contribution in [0.2, 0.25) is 0 Å². The number of anilines is 2. The monoisotopic (exact) mass is 500 g/mol. The molecule has 1 aliphatic heterocycles. The second-order valence-corrected chi connectivity index (χ2v) is 8.47. The van der Waals surface area contributed by atoms with E-state index in [0.717, 1.165) is 4.57 Å². The van der Waals surface area contributed by atoms with Crippen LogP contribution in [0.5, 0.6) is 0 Å². The van der Waals surface area contributed by atoms with Crippen molar-refractivity contribution in [2.75, 3.05) is 28.8 Å². The topological polar surface area (TPSA) is 135 Å². The molecule has 2 atom stereocenters. The van der Waals surface area contributed by atoms with Gasteiger partial charge in [-0.3, -0.25) is 9.42 Å². The van der Waals surface area contributed by atoms with Crippen molar-refractivity contribution in [2.24, 2.45) is 0 Å². The molecule has 3 heterocycles. The number of rotatable bonds is 7. The first-order valence-electron chi connectivity index (χ1n) is 8.46. The number of nitrogens with zero attached hydrogens (tertiary/aromatic N) is 5. The zero-order valence-corrected chi connectivity index (χ0v) is 17.7. The fraction of sp³-hybridized carbons (Fsp3) is 0.250. The van der Waals surface area contributed by atoms with Crippen LogP contribution in [0.3, 0.4) is 0 Å². The highest BCUT2D eigenvalue weighted by atomic mass is 79.9. The highest BCUT2D eigenvalue weighted by Crippen LogP contribution is 2.34. The van der Waals surface area contributed by atoms with E-state index in [2.05, 4.69) is 36.7 Å². The van der Waals surface area contributed by atoms with E-state index in [1.54, 1.807) is 6.26 Å². The SMILES string of the molecule is C[S+]([O-])CCNc1nonc1C1OC=CN1c1noc(=O)n1-c1ccc(F)c(Br)c1. The minimum absolute atomic E-state index is 0.0703. The third-order valence-corrected chi connectivity index (χ3v) is 5.48. The molecule has 0 radical (unpaired) electrons. The van der Waals surface area contributed by atoms with Gasteiger partial charge in [0.25, 0.3) is 5.95 Å². The molecule has 4 rings (SSSR count). The van der Waals surface area contributed by atoms with Crippen molar-refractivity contribution >= 4 is 38.9 Å². The molecule has 1 aromatic carbocycles. The van der Waals surface area contributed by atoms with Gasteiger partial charge in [-0.25, -0.2) is 18.4 Å². The van der Waals surface area contributed by atoms with Gasteiger partial charge in [0.1, 0.15) is 17.8 Å². The standard InChI is InChI=1S/C16H14BrFN6O5S/c1-30(26)7-4-19-13-12(20-29-21-13)14-23(5-6-27-14)15-22-28-16(25)24(15)9-2-3-11(18)10(17)8-9/h2-3,5-6,8,14H,4,7H2,1H3,(H,19,21). The average Bonchev–Trinajstić information content (AvgIpc) is 3.42. The van der Waals surface area contributed by atoms with Gasteiger partial charge in [-0.2, -0.15) is 0 Å². The molecule has 0 fully saturated rings. The van der Waals surface area contributed by atoms with E-state index < -0.39 is 29.0 Å². The predicted octanol–water partition coefficient (Wildman–Crippen LogP) is 1.91. The van der Waals surface area contributed by atoms with Crippen molar-refractivity contribution < 1.29 is 22.8 Å². The smallest absolute Gasteiger partial charge is 0.447 e. The summed E-state index contributed by atoms with van der Waals surface area (Å²) in [6.45, 7) is 0.378. The lowest BCUT2D eigenvalue weighted by atomic mass is 10.3. The molecule has 158 valence electrons. The van der Waals surface area contributed by atoms with Gasteiger partial charge in [0, 0.05) is 6.20 Å². The van der Waals surface area contributed by atoms with E-state index in [-0.39, 0.29) is 16.1 Å². The molecule has 2 unspecified atom stereocenters. The summed E-state index contributed by atoms with van der Waals surface area (Å²) in [6, 6.07) is 4.04. The molecule has 0 spiro atoms. The van der Waals surface area contributed by atoms with Gasteiger partial charge < -0.3 is 14.6 Å². The third kappa shape index (κ3) is 3.93. The summed E-state index contributed by atoms with van der Waals surface area (Å²) >= 11 is 2.11. The fourth-order valence-electron chi connectivity index (χ4n) is 2.73. The van der Waals surface area contributed by atoms with Crippen LogP contribution in [-0.2, 0) is 15.9 Å². The Bertz CT molecular complexity index is 1130. The predicted molar refractivity (Wildman–Crippen MR) is 107 cm³/mol. The summed E-state index contributed by atoms with van der Waals surface area (Å²) in [5, 5.41) is 14.5. The van der Waals surface area contributed by atoms with E-state index in [4.69, 9.17) is 13.9 Å². The van der Waals surface area contributed by atoms with Crippen molar-refractivity contribution in [3.63, 3.8) is 0 Å². The highest BCUT2D eigenvalue weighted by molar-refractivity contribution is 9.10. The van der Waals surface area contributed by atoms with E-state index in [0.29, 0.717) is 23.8 Å². The second-order valence-electron chi connectivity index (χ2n) is 6.07. The van der Waals surface area contributed by atoms with Gasteiger partial charge in [-0.05, 0) is 49.6 Å². The number of ether oxygens (including phenoxy) is 1. The summed E-state index contributed by atoms with van der Waals surface area (Å²) in [7, 11) is 0. The lowest BCUT2D eigenvalue weighted by Crippen LogP contribution is -2.26. The Morgan fingerprint density at radius 2 is 2.20 bits per heavy atom. The molecule has 30 heavy (non-hydrogen) atoms. The largest absolute Gasteiger partial charge is 0.617 e. The van der Waals surface area contributed by atoms with Crippen LogP contribution in [0, 0.1) is 5.82 Å². The summed E-state index contributed by atoms with van der Waals surface area (Å²) in [5.41, 5.74) is 0.606. The molecule has 1 N–H and O–H groups in total. The number of nitrogens with one attached hydrogen (secondary N) is 1. The number of benzene rings is 1. The van der Waals surface area contributed by atoms with E-state index >= 15 is 0 Å². The third-order valence-electron chi connectivity index (χ3n) is 4.09. The molecular weight excluding hydrogens is 487 g/mol. The molecule has 0 saturated carbocycles. The first kappa shape index (κ1) is 20.4. The van der Waals surface area contributed by atoms with Crippen molar-refractivity contribution in [2.45, 2.75) is 6.23 Å². The maximum absolute atomic E-state index is 13.6. The van der Waals surface area contributed by atoms with Crippen LogP contribution in [0.1, 0.15) is 11.9 Å². The Labute approximate surface area is 179 Å².